The van der Waals surface area contributed by atoms with Crippen LogP contribution < -0.4 is 25.4 Å². The van der Waals surface area contributed by atoms with E-state index in [0.29, 0.717) is 42.9 Å². The highest BCUT2D eigenvalue weighted by Gasteiger charge is 2.31. The van der Waals surface area contributed by atoms with Crippen molar-refractivity contribution in [1.82, 2.24) is 24.6 Å². The fourth-order valence-electron chi connectivity index (χ4n) is 6.66. The topological polar surface area (TPSA) is 181 Å². The summed E-state index contributed by atoms with van der Waals surface area (Å²) in [4.78, 5) is 43.8. The molecule has 6 aliphatic rings. The van der Waals surface area contributed by atoms with Crippen molar-refractivity contribution in [1.29, 1.82) is 0 Å². The van der Waals surface area contributed by atoms with Gasteiger partial charge in [0.25, 0.3) is 10.2 Å². The van der Waals surface area contributed by atoms with E-state index in [4.69, 9.17) is 4.74 Å². The number of aliphatic hydroxyl groups is 1. The maximum absolute atomic E-state index is 13.8. The second kappa shape index (κ2) is 18.2. The molecule has 2 aromatic carbocycles. The average molecular weight is 714 g/mol. The molecule has 0 spiro atoms. The molecule has 2 aromatic rings. The zero-order valence-electron chi connectivity index (χ0n) is 28.7. The number of fused-ring (bicyclic) bond motifs is 3. The van der Waals surface area contributed by atoms with Crippen LogP contribution in [0.3, 0.4) is 0 Å². The average Bonchev–Trinajstić information content (AvgIpc) is 3.10. The Bertz CT molecular complexity index is 1530. The minimum Gasteiger partial charge on any atom is -0.366 e. The molecule has 15 heteroatoms. The molecule has 5 heterocycles. The van der Waals surface area contributed by atoms with Crippen LogP contribution in [0, 0.1) is 0 Å². The van der Waals surface area contributed by atoms with Gasteiger partial charge in [0.05, 0.1) is 6.04 Å². The molecule has 6 bridgehead atoms. The second-order valence-corrected chi connectivity index (χ2v) is 14.9. The number of nitrogens with one attached hydrogen (secondary N) is 5. The van der Waals surface area contributed by atoms with Gasteiger partial charge in [0.15, 0.2) is 6.29 Å². The summed E-state index contributed by atoms with van der Waals surface area (Å²) >= 11 is 0. The summed E-state index contributed by atoms with van der Waals surface area (Å²) in [6.07, 6.45) is 3.86. The van der Waals surface area contributed by atoms with Crippen LogP contribution in [-0.4, -0.2) is 112 Å². The standard InChI is InChI=1S/C35H51N7O7S/c1-49-35(46)31-24-26-9-13-28(14-10-26)37-33(44)16-18-42-21-19-41(20-22-42)17-15-32(43)36-27-11-7-25(8-12-27)23-30(34(45)38-31)40-50(47,48)39-29-5-3-2-4-6-29/h7-14,29-31,35,39-40,46H,2-6,15-24H2,1H3,(H,36,43)(H,37,44)(H,38,45). The lowest BCUT2D eigenvalue weighted by Gasteiger charge is -2.34. The van der Waals surface area contributed by atoms with Gasteiger partial charge in [-0.15, -0.1) is 0 Å². The summed E-state index contributed by atoms with van der Waals surface area (Å²) in [7, 11) is -2.75. The van der Waals surface area contributed by atoms with Crippen LogP contribution in [0.25, 0.3) is 0 Å². The van der Waals surface area contributed by atoms with Crippen LogP contribution >= 0.6 is 0 Å². The Hall–Kier alpha value is -3.44. The van der Waals surface area contributed by atoms with E-state index < -0.39 is 34.5 Å². The first kappa shape index (κ1) is 37.8. The van der Waals surface area contributed by atoms with Gasteiger partial charge in [0.1, 0.15) is 6.04 Å². The number of hydrogen-bond acceptors (Lipinski definition) is 9. The quantitative estimate of drug-likeness (QED) is 0.241. The Kier molecular flexibility index (Phi) is 13.7. The molecule has 50 heavy (non-hydrogen) atoms. The molecule has 1 saturated carbocycles. The SMILES string of the molecule is COC(O)C1Cc2ccc(cc2)NC(=O)CCN2CCN(CCC(=O)Nc3ccc(cc3)CC(NS(=O)(=O)NC3CCCCC3)C(=O)N1)CC2. The van der Waals surface area contributed by atoms with Crippen molar-refractivity contribution in [2.24, 2.45) is 0 Å². The molecule has 0 radical (unpaired) electrons. The normalized spacial score (nSPS) is 25.8. The minimum atomic E-state index is -4.07. The molecule has 14 nitrogen and oxygen atoms in total. The summed E-state index contributed by atoms with van der Waals surface area (Å²) < 4.78 is 37.0. The van der Waals surface area contributed by atoms with Crippen LogP contribution in [0.5, 0.6) is 0 Å². The molecular formula is C35H51N7O7S. The first-order valence-electron chi connectivity index (χ1n) is 17.6. The Labute approximate surface area is 294 Å². The van der Waals surface area contributed by atoms with Gasteiger partial charge in [0, 0.05) is 76.6 Å². The fourth-order valence-corrected chi connectivity index (χ4v) is 7.97. The van der Waals surface area contributed by atoms with Gasteiger partial charge in [-0.05, 0) is 61.1 Å². The Balaban J connectivity index is 1.36. The van der Waals surface area contributed by atoms with E-state index in [-0.39, 0.29) is 30.7 Å². The van der Waals surface area contributed by atoms with Crippen LogP contribution in [0.15, 0.2) is 48.5 Å². The highest BCUT2D eigenvalue weighted by Crippen LogP contribution is 2.19. The third-order valence-electron chi connectivity index (χ3n) is 9.60. The number of carbonyl (C=O) groups excluding carboxylic acids is 3. The summed E-state index contributed by atoms with van der Waals surface area (Å²) in [5.74, 6) is -0.854. The van der Waals surface area contributed by atoms with Crippen molar-refractivity contribution in [3.05, 3.63) is 59.7 Å². The second-order valence-electron chi connectivity index (χ2n) is 13.4. The molecule has 5 aliphatic heterocycles. The Morgan fingerprint density at radius 1 is 0.740 bits per heavy atom. The summed E-state index contributed by atoms with van der Waals surface area (Å²) in [5.41, 5.74) is 2.65. The van der Waals surface area contributed by atoms with E-state index in [1.54, 1.807) is 48.5 Å². The number of ether oxygens (including phenoxy) is 1. The van der Waals surface area contributed by atoms with Gasteiger partial charge < -0.3 is 35.6 Å². The van der Waals surface area contributed by atoms with Crippen molar-refractivity contribution < 1.29 is 32.6 Å². The van der Waals surface area contributed by atoms with Gasteiger partial charge in [-0.2, -0.15) is 17.9 Å². The number of piperazine rings is 1. The monoisotopic (exact) mass is 713 g/mol. The smallest absolute Gasteiger partial charge is 0.277 e. The molecule has 1 saturated heterocycles. The molecule has 1 aliphatic carbocycles. The number of carbonyl (C=O) groups is 3. The number of benzene rings is 2. The number of hydrogen-bond donors (Lipinski definition) is 6. The lowest BCUT2D eigenvalue weighted by molar-refractivity contribution is -0.131. The summed E-state index contributed by atoms with van der Waals surface area (Å²) in [5, 5.41) is 19.4. The number of aliphatic hydroxyl groups excluding tert-OH is 1. The summed E-state index contributed by atoms with van der Waals surface area (Å²) in [6, 6.07) is 11.8. The van der Waals surface area contributed by atoms with E-state index in [2.05, 4.69) is 35.2 Å². The predicted octanol–water partition coefficient (Wildman–Crippen LogP) is 1.34. The van der Waals surface area contributed by atoms with E-state index in [0.717, 1.165) is 63.8 Å². The molecule has 0 aromatic heterocycles. The maximum atomic E-state index is 13.8. The third-order valence-corrected chi connectivity index (χ3v) is 10.8. The van der Waals surface area contributed by atoms with Crippen molar-refractivity contribution in [3.63, 3.8) is 0 Å². The first-order valence-corrected chi connectivity index (χ1v) is 19.1. The van der Waals surface area contributed by atoms with E-state index in [1.165, 1.54) is 7.11 Å². The number of anilines is 2. The van der Waals surface area contributed by atoms with E-state index >= 15 is 0 Å². The molecule has 274 valence electrons. The van der Waals surface area contributed by atoms with Crippen molar-refractivity contribution in [3.8, 4) is 0 Å². The van der Waals surface area contributed by atoms with Gasteiger partial charge in [-0.3, -0.25) is 14.4 Å². The largest absolute Gasteiger partial charge is 0.366 e. The van der Waals surface area contributed by atoms with E-state index in [9.17, 15) is 27.9 Å². The zero-order chi connectivity index (χ0) is 35.5. The number of nitrogens with zero attached hydrogens (tertiary/aromatic N) is 2. The van der Waals surface area contributed by atoms with E-state index in [1.807, 2.05) is 0 Å². The fraction of sp³-hybridized carbons (Fsp3) is 0.571. The van der Waals surface area contributed by atoms with Crippen LogP contribution in [0.4, 0.5) is 11.4 Å². The highest BCUT2D eigenvalue weighted by molar-refractivity contribution is 7.87. The lowest BCUT2D eigenvalue weighted by atomic mass is 9.96. The molecule has 2 fully saturated rings. The van der Waals surface area contributed by atoms with Gasteiger partial charge in [-0.25, -0.2) is 0 Å². The lowest BCUT2D eigenvalue weighted by Crippen LogP contribution is -2.56. The van der Waals surface area contributed by atoms with Crippen LogP contribution in [0.2, 0.25) is 0 Å². The van der Waals surface area contributed by atoms with Crippen LogP contribution in [-0.2, 0) is 42.2 Å². The predicted molar refractivity (Wildman–Crippen MR) is 190 cm³/mol. The van der Waals surface area contributed by atoms with Crippen molar-refractivity contribution in [2.45, 2.75) is 82.2 Å². The molecular weight excluding hydrogens is 662 g/mol. The molecule has 6 N–H and O–H groups in total. The minimum absolute atomic E-state index is 0.0157. The number of amides is 3. The first-order chi connectivity index (χ1) is 24.0. The summed E-state index contributed by atoms with van der Waals surface area (Å²) in [6.45, 7) is 4.54. The number of rotatable bonds is 6. The highest BCUT2D eigenvalue weighted by atomic mass is 32.2. The van der Waals surface area contributed by atoms with Gasteiger partial charge >= 0.3 is 0 Å². The van der Waals surface area contributed by atoms with Crippen molar-refractivity contribution >= 4 is 39.3 Å². The number of methoxy groups -OCH3 is 1. The molecule has 3 unspecified atom stereocenters. The molecule has 3 atom stereocenters. The van der Waals surface area contributed by atoms with Crippen molar-refractivity contribution in [2.75, 3.05) is 57.0 Å². The van der Waals surface area contributed by atoms with Gasteiger partial charge in [0.2, 0.25) is 17.7 Å². The van der Waals surface area contributed by atoms with Crippen LogP contribution in [0.1, 0.15) is 56.1 Å². The molecule has 8 rings (SSSR count). The van der Waals surface area contributed by atoms with Gasteiger partial charge in [-0.1, -0.05) is 43.5 Å². The Morgan fingerprint density at radius 3 is 1.74 bits per heavy atom. The zero-order valence-corrected chi connectivity index (χ0v) is 29.6. The maximum Gasteiger partial charge on any atom is 0.277 e. The third kappa shape index (κ3) is 11.8. The Morgan fingerprint density at radius 2 is 1.24 bits per heavy atom. The molecule has 3 amide bonds.